The molecular formula is C15H20N2O2S. The first kappa shape index (κ1) is 14.8. The van der Waals surface area contributed by atoms with E-state index in [4.69, 9.17) is 10.5 Å². The van der Waals surface area contributed by atoms with E-state index in [0.29, 0.717) is 23.7 Å². The minimum Gasteiger partial charge on any atom is -0.397 e. The normalized spacial score (nSPS) is 12.6. The summed E-state index contributed by atoms with van der Waals surface area (Å²) < 4.78 is 6.43. The summed E-state index contributed by atoms with van der Waals surface area (Å²) in [5, 5.41) is 3.82. The van der Waals surface area contributed by atoms with Crippen LogP contribution in [0, 0.1) is 6.92 Å². The number of ether oxygens (including phenoxy) is 1. The van der Waals surface area contributed by atoms with E-state index < -0.39 is 0 Å². The van der Waals surface area contributed by atoms with Gasteiger partial charge in [-0.15, -0.1) is 11.3 Å². The van der Waals surface area contributed by atoms with Crippen LogP contribution in [0.25, 0.3) is 10.1 Å². The lowest BCUT2D eigenvalue weighted by Gasteiger charge is -2.12. The second-order valence-electron chi connectivity index (χ2n) is 4.82. The van der Waals surface area contributed by atoms with Gasteiger partial charge in [0.05, 0.1) is 11.8 Å². The van der Waals surface area contributed by atoms with Crippen LogP contribution in [0.3, 0.4) is 0 Å². The smallest absolute Gasteiger partial charge is 0.263 e. The number of carbonyl (C=O) groups is 1. The van der Waals surface area contributed by atoms with Crippen molar-refractivity contribution in [3.05, 3.63) is 28.6 Å². The van der Waals surface area contributed by atoms with Gasteiger partial charge in [-0.05, 0) is 32.9 Å². The van der Waals surface area contributed by atoms with Gasteiger partial charge in [0.1, 0.15) is 4.88 Å². The molecule has 0 spiro atoms. The van der Waals surface area contributed by atoms with Crippen molar-refractivity contribution in [2.45, 2.75) is 26.9 Å². The minimum absolute atomic E-state index is 0.00166. The molecule has 3 N–H and O–H groups in total. The Balaban J connectivity index is 2.16. The van der Waals surface area contributed by atoms with Crippen molar-refractivity contribution in [2.24, 2.45) is 0 Å². The minimum atomic E-state index is -0.132. The SMILES string of the molecule is CCOC(C)CNC(=O)c1sc2ccc(C)cc2c1N. The van der Waals surface area contributed by atoms with Gasteiger partial charge in [-0.3, -0.25) is 4.79 Å². The van der Waals surface area contributed by atoms with Crippen molar-refractivity contribution in [3.63, 3.8) is 0 Å². The third-order valence-electron chi connectivity index (χ3n) is 3.09. The predicted octanol–water partition coefficient (Wildman–Crippen LogP) is 2.95. The second-order valence-corrected chi connectivity index (χ2v) is 5.87. The summed E-state index contributed by atoms with van der Waals surface area (Å²) in [4.78, 5) is 12.8. The molecule has 5 heteroatoms. The van der Waals surface area contributed by atoms with Gasteiger partial charge in [0.2, 0.25) is 0 Å². The molecule has 2 aromatic rings. The zero-order chi connectivity index (χ0) is 14.7. The number of anilines is 1. The van der Waals surface area contributed by atoms with E-state index in [0.717, 1.165) is 15.6 Å². The Morgan fingerprint density at radius 1 is 1.50 bits per heavy atom. The van der Waals surface area contributed by atoms with Gasteiger partial charge in [-0.1, -0.05) is 11.6 Å². The van der Waals surface area contributed by atoms with Crippen LogP contribution in [0.5, 0.6) is 0 Å². The van der Waals surface area contributed by atoms with Crippen LogP contribution in [0.2, 0.25) is 0 Å². The van der Waals surface area contributed by atoms with Gasteiger partial charge in [-0.25, -0.2) is 0 Å². The van der Waals surface area contributed by atoms with Crippen molar-refractivity contribution in [1.82, 2.24) is 5.32 Å². The number of benzene rings is 1. The molecule has 20 heavy (non-hydrogen) atoms. The summed E-state index contributed by atoms with van der Waals surface area (Å²) in [6.07, 6.45) is 0.00166. The zero-order valence-corrected chi connectivity index (χ0v) is 12.8. The molecule has 0 saturated carbocycles. The number of carbonyl (C=O) groups excluding carboxylic acids is 1. The van der Waals surface area contributed by atoms with Crippen LogP contribution in [-0.4, -0.2) is 25.2 Å². The Hall–Kier alpha value is -1.59. The maximum Gasteiger partial charge on any atom is 0.263 e. The highest BCUT2D eigenvalue weighted by Crippen LogP contribution is 2.34. The molecule has 0 fully saturated rings. The van der Waals surface area contributed by atoms with E-state index in [1.165, 1.54) is 11.3 Å². The number of fused-ring (bicyclic) bond motifs is 1. The first-order valence-electron chi connectivity index (χ1n) is 6.71. The number of hydrogen-bond donors (Lipinski definition) is 2. The summed E-state index contributed by atoms with van der Waals surface area (Å²) in [5.74, 6) is -0.132. The molecule has 0 bridgehead atoms. The quantitative estimate of drug-likeness (QED) is 0.890. The largest absolute Gasteiger partial charge is 0.397 e. The monoisotopic (exact) mass is 292 g/mol. The lowest BCUT2D eigenvalue weighted by Crippen LogP contribution is -2.32. The molecule has 108 valence electrons. The maximum absolute atomic E-state index is 12.2. The first-order valence-corrected chi connectivity index (χ1v) is 7.53. The Morgan fingerprint density at radius 2 is 2.25 bits per heavy atom. The topological polar surface area (TPSA) is 64.3 Å². The van der Waals surface area contributed by atoms with Gasteiger partial charge in [0.15, 0.2) is 0 Å². The number of thiophene rings is 1. The molecule has 0 aliphatic carbocycles. The van der Waals surface area contributed by atoms with Crippen molar-refractivity contribution in [2.75, 3.05) is 18.9 Å². The third-order valence-corrected chi connectivity index (χ3v) is 4.27. The fraction of sp³-hybridized carbons (Fsp3) is 0.400. The van der Waals surface area contributed by atoms with Crippen LogP contribution in [0.15, 0.2) is 18.2 Å². The summed E-state index contributed by atoms with van der Waals surface area (Å²) in [5.41, 5.74) is 7.80. The molecule has 0 saturated heterocycles. The molecule has 0 aliphatic rings. The van der Waals surface area contributed by atoms with Crippen molar-refractivity contribution in [1.29, 1.82) is 0 Å². The van der Waals surface area contributed by atoms with Gasteiger partial charge in [0, 0.05) is 23.2 Å². The van der Waals surface area contributed by atoms with Gasteiger partial charge in [-0.2, -0.15) is 0 Å². The Morgan fingerprint density at radius 3 is 2.95 bits per heavy atom. The molecular weight excluding hydrogens is 272 g/mol. The van der Waals surface area contributed by atoms with Gasteiger partial charge < -0.3 is 15.8 Å². The van der Waals surface area contributed by atoms with E-state index in [2.05, 4.69) is 5.32 Å². The van der Waals surface area contributed by atoms with Crippen LogP contribution < -0.4 is 11.1 Å². The number of nitrogens with one attached hydrogen (secondary N) is 1. The summed E-state index contributed by atoms with van der Waals surface area (Å²) >= 11 is 1.43. The first-order chi connectivity index (χ1) is 9.52. The Kier molecular flexibility index (Phi) is 4.62. The lowest BCUT2D eigenvalue weighted by atomic mass is 10.1. The highest BCUT2D eigenvalue weighted by Gasteiger charge is 2.16. The van der Waals surface area contributed by atoms with E-state index in [1.807, 2.05) is 39.0 Å². The molecule has 1 aromatic carbocycles. The summed E-state index contributed by atoms with van der Waals surface area (Å²) in [6.45, 7) is 7.01. The van der Waals surface area contributed by atoms with E-state index in [9.17, 15) is 4.79 Å². The zero-order valence-electron chi connectivity index (χ0n) is 12.0. The predicted molar refractivity (Wildman–Crippen MR) is 84.4 cm³/mol. The van der Waals surface area contributed by atoms with Crippen LogP contribution in [-0.2, 0) is 4.74 Å². The molecule has 1 heterocycles. The number of hydrogen-bond acceptors (Lipinski definition) is 4. The number of nitrogen functional groups attached to an aromatic ring is 1. The molecule has 1 aromatic heterocycles. The molecule has 0 aliphatic heterocycles. The number of amides is 1. The van der Waals surface area contributed by atoms with E-state index in [-0.39, 0.29) is 12.0 Å². The van der Waals surface area contributed by atoms with Crippen LogP contribution >= 0.6 is 11.3 Å². The fourth-order valence-corrected chi connectivity index (χ4v) is 3.08. The summed E-state index contributed by atoms with van der Waals surface area (Å²) in [6, 6.07) is 6.04. The van der Waals surface area contributed by atoms with Crippen molar-refractivity contribution in [3.8, 4) is 0 Å². The third kappa shape index (κ3) is 3.11. The van der Waals surface area contributed by atoms with Crippen LogP contribution in [0.4, 0.5) is 5.69 Å². The number of nitrogens with two attached hydrogens (primary N) is 1. The number of aryl methyl sites for hydroxylation is 1. The Labute approximate surface area is 122 Å². The van der Waals surface area contributed by atoms with E-state index >= 15 is 0 Å². The molecule has 1 atom stereocenters. The highest BCUT2D eigenvalue weighted by atomic mass is 32.1. The fourth-order valence-electron chi connectivity index (χ4n) is 2.06. The van der Waals surface area contributed by atoms with Crippen molar-refractivity contribution >= 4 is 33.0 Å². The van der Waals surface area contributed by atoms with Gasteiger partial charge in [0.25, 0.3) is 5.91 Å². The second kappa shape index (κ2) is 6.24. The average Bonchev–Trinajstić information content (AvgIpc) is 2.74. The molecule has 1 amide bonds. The average molecular weight is 292 g/mol. The lowest BCUT2D eigenvalue weighted by molar-refractivity contribution is 0.0697. The molecule has 0 radical (unpaired) electrons. The Bertz CT molecular complexity index is 622. The van der Waals surface area contributed by atoms with Crippen molar-refractivity contribution < 1.29 is 9.53 Å². The highest BCUT2D eigenvalue weighted by molar-refractivity contribution is 7.21. The molecule has 1 unspecified atom stereocenters. The van der Waals surface area contributed by atoms with Crippen LogP contribution in [0.1, 0.15) is 29.1 Å². The molecule has 4 nitrogen and oxygen atoms in total. The standard InChI is InChI=1S/C15H20N2O2S/c1-4-19-10(3)8-17-15(18)14-13(16)11-7-9(2)5-6-12(11)20-14/h5-7,10H,4,8,16H2,1-3H3,(H,17,18). The maximum atomic E-state index is 12.2. The van der Waals surface area contributed by atoms with E-state index in [1.54, 1.807) is 0 Å². The molecule has 2 rings (SSSR count). The number of rotatable bonds is 5. The summed E-state index contributed by atoms with van der Waals surface area (Å²) in [7, 11) is 0. The van der Waals surface area contributed by atoms with Gasteiger partial charge >= 0.3 is 0 Å².